The largest absolute Gasteiger partial charge is 0.385 e. The lowest BCUT2D eigenvalue weighted by molar-refractivity contribution is 0.0929. The highest BCUT2D eigenvalue weighted by atomic mass is 35.5. The molecule has 6 heteroatoms. The minimum absolute atomic E-state index is 0.00732. The second kappa shape index (κ2) is 6.42. The van der Waals surface area contributed by atoms with Crippen LogP contribution in [-0.2, 0) is 4.74 Å². The Bertz CT molecular complexity index is 398. The van der Waals surface area contributed by atoms with E-state index < -0.39 is 0 Å². The Morgan fingerprint density at radius 1 is 1.71 bits per heavy atom. The van der Waals surface area contributed by atoms with Crippen molar-refractivity contribution in [3.05, 3.63) is 22.8 Å². The normalized spacial score (nSPS) is 12.2. The fraction of sp³-hybridized carbons (Fsp3) is 0.455. The van der Waals surface area contributed by atoms with Gasteiger partial charge in [0.1, 0.15) is 5.82 Å². The van der Waals surface area contributed by atoms with Crippen molar-refractivity contribution in [2.45, 2.75) is 19.4 Å². The summed E-state index contributed by atoms with van der Waals surface area (Å²) >= 11 is 5.88. The van der Waals surface area contributed by atoms with E-state index in [2.05, 4.69) is 10.3 Å². The van der Waals surface area contributed by atoms with Crippen LogP contribution in [0.15, 0.2) is 12.3 Å². The van der Waals surface area contributed by atoms with E-state index in [1.807, 2.05) is 6.92 Å². The summed E-state index contributed by atoms with van der Waals surface area (Å²) in [7, 11) is 1.62. The molecule has 0 aromatic carbocycles. The molecule has 0 fully saturated rings. The van der Waals surface area contributed by atoms with Crippen LogP contribution in [0.5, 0.6) is 0 Å². The zero-order valence-electron chi connectivity index (χ0n) is 9.87. The Balaban J connectivity index is 2.66. The summed E-state index contributed by atoms with van der Waals surface area (Å²) < 4.78 is 4.94. The van der Waals surface area contributed by atoms with Crippen LogP contribution in [0.1, 0.15) is 23.7 Å². The first-order chi connectivity index (χ1) is 8.04. The number of ether oxygens (including phenoxy) is 1. The van der Waals surface area contributed by atoms with E-state index in [0.29, 0.717) is 12.2 Å². The fourth-order valence-corrected chi connectivity index (χ4v) is 1.49. The predicted octanol–water partition coefficient (Wildman–Crippen LogP) is 1.47. The van der Waals surface area contributed by atoms with Gasteiger partial charge in [-0.15, -0.1) is 0 Å². The molecule has 17 heavy (non-hydrogen) atoms. The van der Waals surface area contributed by atoms with Crippen LogP contribution in [-0.4, -0.2) is 30.6 Å². The van der Waals surface area contributed by atoms with E-state index in [0.717, 1.165) is 6.42 Å². The maximum atomic E-state index is 11.9. The SMILES string of the molecule is COCCC(C)NC(=O)c1cc(N)ncc1Cl. The Kier molecular flexibility index (Phi) is 5.18. The standard InChI is InChI=1S/C11H16ClN3O2/c1-7(3-4-17-2)15-11(16)8-5-10(13)14-6-9(8)12/h5-7H,3-4H2,1-2H3,(H2,13,14)(H,15,16). The van der Waals surface area contributed by atoms with Crippen LogP contribution < -0.4 is 11.1 Å². The number of hydrogen-bond donors (Lipinski definition) is 2. The average Bonchev–Trinajstić information content (AvgIpc) is 2.29. The van der Waals surface area contributed by atoms with Gasteiger partial charge in [-0.3, -0.25) is 4.79 Å². The number of nitrogens with one attached hydrogen (secondary N) is 1. The third-order valence-electron chi connectivity index (χ3n) is 2.25. The molecule has 1 rings (SSSR count). The monoisotopic (exact) mass is 257 g/mol. The summed E-state index contributed by atoms with van der Waals surface area (Å²) in [5, 5.41) is 3.10. The quantitative estimate of drug-likeness (QED) is 0.838. The van der Waals surface area contributed by atoms with Gasteiger partial charge in [-0.05, 0) is 19.4 Å². The summed E-state index contributed by atoms with van der Waals surface area (Å²) in [5.74, 6) is 0.0109. The molecule has 1 atom stereocenters. The number of anilines is 1. The van der Waals surface area contributed by atoms with Crippen LogP contribution in [0.3, 0.4) is 0 Å². The van der Waals surface area contributed by atoms with Gasteiger partial charge in [-0.1, -0.05) is 11.6 Å². The number of aromatic nitrogens is 1. The van der Waals surface area contributed by atoms with Gasteiger partial charge in [0.2, 0.25) is 0 Å². The zero-order valence-corrected chi connectivity index (χ0v) is 10.6. The Hall–Kier alpha value is -1.33. The Morgan fingerprint density at radius 2 is 2.41 bits per heavy atom. The molecule has 94 valence electrons. The number of rotatable bonds is 5. The maximum Gasteiger partial charge on any atom is 0.253 e. The Labute approximate surface area is 105 Å². The van der Waals surface area contributed by atoms with E-state index in [1.54, 1.807) is 7.11 Å². The van der Waals surface area contributed by atoms with E-state index in [9.17, 15) is 4.79 Å². The van der Waals surface area contributed by atoms with Crippen LogP contribution >= 0.6 is 11.6 Å². The van der Waals surface area contributed by atoms with Gasteiger partial charge in [0.15, 0.2) is 0 Å². The number of nitrogens with two attached hydrogens (primary N) is 1. The molecule has 5 nitrogen and oxygen atoms in total. The van der Waals surface area contributed by atoms with Gasteiger partial charge >= 0.3 is 0 Å². The smallest absolute Gasteiger partial charge is 0.253 e. The highest BCUT2D eigenvalue weighted by molar-refractivity contribution is 6.33. The highest BCUT2D eigenvalue weighted by Gasteiger charge is 2.13. The van der Waals surface area contributed by atoms with Gasteiger partial charge in [0.05, 0.1) is 10.6 Å². The number of carbonyl (C=O) groups excluding carboxylic acids is 1. The van der Waals surface area contributed by atoms with Gasteiger partial charge in [0.25, 0.3) is 5.91 Å². The molecule has 0 spiro atoms. The molecule has 1 aromatic rings. The van der Waals surface area contributed by atoms with Crippen molar-refractivity contribution in [2.24, 2.45) is 0 Å². The van der Waals surface area contributed by atoms with Gasteiger partial charge < -0.3 is 15.8 Å². The molecule has 1 heterocycles. The first-order valence-electron chi connectivity index (χ1n) is 5.25. The summed E-state index contributed by atoms with van der Waals surface area (Å²) in [6, 6.07) is 1.47. The lowest BCUT2D eigenvalue weighted by Gasteiger charge is -2.14. The van der Waals surface area contributed by atoms with Crippen LogP contribution in [0.2, 0.25) is 5.02 Å². The van der Waals surface area contributed by atoms with Crippen molar-refractivity contribution >= 4 is 23.3 Å². The van der Waals surface area contributed by atoms with Crippen molar-refractivity contribution < 1.29 is 9.53 Å². The van der Waals surface area contributed by atoms with Crippen molar-refractivity contribution in [1.82, 2.24) is 10.3 Å². The van der Waals surface area contributed by atoms with Crippen molar-refractivity contribution in [2.75, 3.05) is 19.5 Å². The number of nitrogens with zero attached hydrogens (tertiary/aromatic N) is 1. The molecule has 0 aliphatic heterocycles. The van der Waals surface area contributed by atoms with Crippen LogP contribution in [0.25, 0.3) is 0 Å². The number of pyridine rings is 1. The molecule has 1 amide bonds. The minimum atomic E-state index is -0.257. The molecule has 0 saturated carbocycles. The number of halogens is 1. The van der Waals surface area contributed by atoms with Crippen LogP contribution in [0.4, 0.5) is 5.82 Å². The van der Waals surface area contributed by atoms with E-state index in [4.69, 9.17) is 22.1 Å². The molecular formula is C11H16ClN3O2. The van der Waals surface area contributed by atoms with E-state index in [1.165, 1.54) is 12.3 Å². The van der Waals surface area contributed by atoms with Gasteiger partial charge in [-0.25, -0.2) is 4.98 Å². The summed E-state index contributed by atoms with van der Waals surface area (Å²) in [6.07, 6.45) is 2.10. The molecule has 0 radical (unpaired) electrons. The lowest BCUT2D eigenvalue weighted by Crippen LogP contribution is -2.33. The first-order valence-corrected chi connectivity index (χ1v) is 5.63. The molecular weight excluding hydrogens is 242 g/mol. The number of nitrogen functional groups attached to an aromatic ring is 1. The molecule has 0 aliphatic rings. The van der Waals surface area contributed by atoms with Gasteiger partial charge in [-0.2, -0.15) is 0 Å². The van der Waals surface area contributed by atoms with Crippen molar-refractivity contribution in [3.8, 4) is 0 Å². The number of carbonyl (C=O) groups is 1. The second-order valence-electron chi connectivity index (χ2n) is 3.74. The maximum absolute atomic E-state index is 11.9. The van der Waals surface area contributed by atoms with E-state index in [-0.39, 0.29) is 22.8 Å². The fourth-order valence-electron chi connectivity index (χ4n) is 1.30. The Morgan fingerprint density at radius 3 is 3.06 bits per heavy atom. The average molecular weight is 258 g/mol. The molecule has 0 saturated heterocycles. The zero-order chi connectivity index (χ0) is 12.8. The van der Waals surface area contributed by atoms with Crippen molar-refractivity contribution in [3.63, 3.8) is 0 Å². The molecule has 0 bridgehead atoms. The number of methoxy groups -OCH3 is 1. The number of hydrogen-bond acceptors (Lipinski definition) is 4. The summed E-state index contributed by atoms with van der Waals surface area (Å²) in [5.41, 5.74) is 5.84. The topological polar surface area (TPSA) is 77.2 Å². The molecule has 1 unspecified atom stereocenters. The van der Waals surface area contributed by atoms with E-state index >= 15 is 0 Å². The predicted molar refractivity (Wildman–Crippen MR) is 67.1 cm³/mol. The summed E-state index contributed by atoms with van der Waals surface area (Å²) in [4.78, 5) is 15.7. The first kappa shape index (κ1) is 13.7. The van der Waals surface area contributed by atoms with Gasteiger partial charge in [0, 0.05) is 26.0 Å². The minimum Gasteiger partial charge on any atom is -0.385 e. The number of amides is 1. The highest BCUT2D eigenvalue weighted by Crippen LogP contribution is 2.16. The summed E-state index contributed by atoms with van der Waals surface area (Å²) in [6.45, 7) is 2.49. The van der Waals surface area contributed by atoms with Crippen LogP contribution in [0, 0.1) is 0 Å². The molecule has 0 aliphatic carbocycles. The third-order valence-corrected chi connectivity index (χ3v) is 2.55. The lowest BCUT2D eigenvalue weighted by atomic mass is 10.2. The molecule has 3 N–H and O–H groups in total. The molecule has 1 aromatic heterocycles. The second-order valence-corrected chi connectivity index (χ2v) is 4.15. The van der Waals surface area contributed by atoms with Crippen molar-refractivity contribution in [1.29, 1.82) is 0 Å². The third kappa shape index (κ3) is 4.20.